The average molecular weight is 448 g/mol. The number of carbonyl (C=O) groups is 2. The van der Waals surface area contributed by atoms with Crippen molar-refractivity contribution in [1.29, 1.82) is 0 Å². The fourth-order valence-corrected chi connectivity index (χ4v) is 3.55. The lowest BCUT2D eigenvalue weighted by molar-refractivity contribution is -0.134. The molecule has 0 aliphatic carbocycles. The molecular weight excluding hydrogens is 418 g/mol. The highest BCUT2D eigenvalue weighted by Gasteiger charge is 2.26. The van der Waals surface area contributed by atoms with Gasteiger partial charge in [0.2, 0.25) is 5.91 Å². The summed E-state index contributed by atoms with van der Waals surface area (Å²) in [5.74, 6) is -0.432. The number of rotatable bonds is 8. The fraction of sp³-hybridized carbons (Fsp3) is 0.308. The maximum Gasteiger partial charge on any atom is 0.310 e. The van der Waals surface area contributed by atoms with Crippen LogP contribution in [0.25, 0.3) is 11.3 Å². The van der Waals surface area contributed by atoms with Crippen molar-refractivity contribution in [2.45, 2.75) is 46.6 Å². The Bertz CT molecular complexity index is 1200. The number of anilines is 1. The molecule has 1 aromatic carbocycles. The summed E-state index contributed by atoms with van der Waals surface area (Å²) in [6, 6.07) is 13.3. The SMILES string of the molecule is CCC(=O)Oc1ccnc(-c2cccc(C)c2)c1NC(=O)C(CC(C)C)n1ccccc1=O. The Kier molecular flexibility index (Phi) is 7.77. The zero-order valence-corrected chi connectivity index (χ0v) is 19.4. The Morgan fingerprint density at radius 3 is 2.58 bits per heavy atom. The lowest BCUT2D eigenvalue weighted by Crippen LogP contribution is -2.33. The number of carbonyl (C=O) groups excluding carboxylic acids is 2. The molecule has 33 heavy (non-hydrogen) atoms. The van der Waals surface area contributed by atoms with Crippen molar-refractivity contribution in [2.75, 3.05) is 5.32 Å². The van der Waals surface area contributed by atoms with Crippen LogP contribution in [0.3, 0.4) is 0 Å². The van der Waals surface area contributed by atoms with Gasteiger partial charge in [0.25, 0.3) is 5.56 Å². The van der Waals surface area contributed by atoms with Crippen LogP contribution < -0.4 is 15.6 Å². The van der Waals surface area contributed by atoms with E-state index >= 15 is 0 Å². The number of aryl methyl sites for hydroxylation is 1. The zero-order valence-electron chi connectivity index (χ0n) is 19.4. The van der Waals surface area contributed by atoms with Gasteiger partial charge in [0.15, 0.2) is 5.75 Å². The van der Waals surface area contributed by atoms with E-state index in [4.69, 9.17) is 4.74 Å². The third-order valence-electron chi connectivity index (χ3n) is 5.15. The smallest absolute Gasteiger partial charge is 0.310 e. The topological polar surface area (TPSA) is 90.3 Å². The molecule has 3 aromatic rings. The summed E-state index contributed by atoms with van der Waals surface area (Å²) in [6.45, 7) is 7.64. The third kappa shape index (κ3) is 5.94. The molecule has 0 spiro atoms. The van der Waals surface area contributed by atoms with Gasteiger partial charge in [-0.05, 0) is 31.4 Å². The minimum Gasteiger partial charge on any atom is -0.424 e. The molecule has 2 aromatic heterocycles. The van der Waals surface area contributed by atoms with E-state index in [9.17, 15) is 14.4 Å². The lowest BCUT2D eigenvalue weighted by Gasteiger charge is -2.22. The van der Waals surface area contributed by atoms with E-state index in [2.05, 4.69) is 10.3 Å². The van der Waals surface area contributed by atoms with Crippen molar-refractivity contribution in [1.82, 2.24) is 9.55 Å². The molecule has 1 N–H and O–H groups in total. The number of amides is 1. The summed E-state index contributed by atoms with van der Waals surface area (Å²) in [7, 11) is 0. The van der Waals surface area contributed by atoms with Gasteiger partial charge in [0, 0.05) is 36.5 Å². The van der Waals surface area contributed by atoms with Crippen molar-refractivity contribution < 1.29 is 14.3 Å². The number of benzene rings is 1. The molecule has 172 valence electrons. The number of esters is 1. The number of hydrogen-bond donors (Lipinski definition) is 1. The largest absolute Gasteiger partial charge is 0.424 e. The third-order valence-corrected chi connectivity index (χ3v) is 5.15. The standard InChI is InChI=1S/C26H29N3O4/c1-5-23(31)33-21-12-13-27-24(19-10-8-9-18(4)16-19)25(21)28-26(32)20(15-17(2)3)29-14-7-6-11-22(29)30/h6-14,16-17,20H,5,15H2,1-4H3,(H,28,32). The highest BCUT2D eigenvalue weighted by atomic mass is 16.5. The van der Waals surface area contributed by atoms with E-state index in [1.165, 1.54) is 10.6 Å². The number of ether oxygens (including phenoxy) is 1. The first-order valence-corrected chi connectivity index (χ1v) is 11.0. The van der Waals surface area contributed by atoms with Crippen molar-refractivity contribution in [2.24, 2.45) is 5.92 Å². The summed E-state index contributed by atoms with van der Waals surface area (Å²) in [5, 5.41) is 2.92. The lowest BCUT2D eigenvalue weighted by atomic mass is 10.0. The Morgan fingerprint density at radius 1 is 1.12 bits per heavy atom. The first-order chi connectivity index (χ1) is 15.8. The number of aromatic nitrogens is 2. The van der Waals surface area contributed by atoms with Crippen LogP contribution in [0.2, 0.25) is 0 Å². The molecule has 1 amide bonds. The van der Waals surface area contributed by atoms with Crippen LogP contribution in [0.4, 0.5) is 5.69 Å². The van der Waals surface area contributed by atoms with Crippen LogP contribution in [-0.4, -0.2) is 21.4 Å². The van der Waals surface area contributed by atoms with Gasteiger partial charge in [-0.3, -0.25) is 19.4 Å². The molecule has 3 rings (SSSR count). The van der Waals surface area contributed by atoms with E-state index in [0.29, 0.717) is 17.8 Å². The number of hydrogen-bond acceptors (Lipinski definition) is 5. The molecule has 0 saturated carbocycles. The molecule has 0 radical (unpaired) electrons. The van der Waals surface area contributed by atoms with Crippen molar-refractivity contribution >= 4 is 17.6 Å². The van der Waals surface area contributed by atoms with Gasteiger partial charge in [-0.15, -0.1) is 0 Å². The average Bonchev–Trinajstić information content (AvgIpc) is 2.78. The quantitative estimate of drug-likeness (QED) is 0.503. The number of pyridine rings is 2. The molecule has 7 heteroatoms. The molecule has 0 aliphatic rings. The van der Waals surface area contributed by atoms with Crippen molar-refractivity contribution in [3.63, 3.8) is 0 Å². The highest BCUT2D eigenvalue weighted by Crippen LogP contribution is 2.35. The van der Waals surface area contributed by atoms with Crippen LogP contribution in [0.1, 0.15) is 45.2 Å². The Labute approximate surface area is 193 Å². The molecule has 1 atom stereocenters. The first-order valence-electron chi connectivity index (χ1n) is 11.0. The van der Waals surface area contributed by atoms with Crippen LogP contribution in [0.5, 0.6) is 5.75 Å². The van der Waals surface area contributed by atoms with Crippen LogP contribution in [-0.2, 0) is 9.59 Å². The summed E-state index contributed by atoms with van der Waals surface area (Å²) in [6.07, 6.45) is 3.79. The van der Waals surface area contributed by atoms with E-state index in [-0.39, 0.29) is 29.6 Å². The molecule has 1 unspecified atom stereocenters. The highest BCUT2D eigenvalue weighted by molar-refractivity contribution is 5.99. The summed E-state index contributed by atoms with van der Waals surface area (Å²) < 4.78 is 6.94. The molecular formula is C26H29N3O4. The first kappa shape index (κ1) is 23.9. The molecule has 0 saturated heterocycles. The van der Waals surface area contributed by atoms with Gasteiger partial charge < -0.3 is 14.6 Å². The van der Waals surface area contributed by atoms with Crippen molar-refractivity contribution in [3.8, 4) is 17.0 Å². The Hall–Kier alpha value is -3.74. The molecule has 0 bridgehead atoms. The summed E-state index contributed by atoms with van der Waals surface area (Å²) >= 11 is 0. The second-order valence-corrected chi connectivity index (χ2v) is 8.31. The van der Waals surface area contributed by atoms with Gasteiger partial charge in [-0.2, -0.15) is 0 Å². The summed E-state index contributed by atoms with van der Waals surface area (Å²) in [4.78, 5) is 42.5. The maximum atomic E-state index is 13.5. The zero-order chi connectivity index (χ0) is 24.0. The van der Waals surface area contributed by atoms with Crippen molar-refractivity contribution in [3.05, 3.63) is 76.8 Å². The number of nitrogens with zero attached hydrogens (tertiary/aromatic N) is 2. The van der Waals surface area contributed by atoms with E-state index in [0.717, 1.165) is 11.1 Å². The predicted molar refractivity (Wildman–Crippen MR) is 128 cm³/mol. The van der Waals surface area contributed by atoms with Gasteiger partial charge in [0.1, 0.15) is 11.7 Å². The normalized spacial score (nSPS) is 11.8. The minimum atomic E-state index is -0.737. The van der Waals surface area contributed by atoms with Crippen LogP contribution in [0, 0.1) is 12.8 Å². The van der Waals surface area contributed by atoms with E-state index in [1.54, 1.807) is 37.5 Å². The Balaban J connectivity index is 2.09. The van der Waals surface area contributed by atoms with Gasteiger partial charge >= 0.3 is 5.97 Å². The minimum absolute atomic E-state index is 0.162. The molecule has 0 fully saturated rings. The molecule has 7 nitrogen and oxygen atoms in total. The van der Waals surface area contributed by atoms with E-state index in [1.807, 2.05) is 45.0 Å². The monoisotopic (exact) mass is 447 g/mol. The predicted octanol–water partition coefficient (Wildman–Crippen LogP) is 4.76. The van der Waals surface area contributed by atoms with E-state index < -0.39 is 12.0 Å². The van der Waals surface area contributed by atoms with Gasteiger partial charge in [-0.1, -0.05) is 50.6 Å². The van der Waals surface area contributed by atoms with Gasteiger partial charge in [0.05, 0.1) is 5.69 Å². The Morgan fingerprint density at radius 2 is 1.91 bits per heavy atom. The number of nitrogens with one attached hydrogen (secondary N) is 1. The summed E-state index contributed by atoms with van der Waals surface area (Å²) in [5.41, 5.74) is 2.32. The second-order valence-electron chi connectivity index (χ2n) is 8.31. The molecule has 2 heterocycles. The van der Waals surface area contributed by atoms with Crippen LogP contribution >= 0.6 is 0 Å². The van der Waals surface area contributed by atoms with Gasteiger partial charge in [-0.25, -0.2) is 0 Å². The fourth-order valence-electron chi connectivity index (χ4n) is 3.55. The van der Waals surface area contributed by atoms with Crippen LogP contribution in [0.15, 0.2) is 65.7 Å². The molecule has 0 aliphatic heterocycles. The maximum absolute atomic E-state index is 13.5. The second kappa shape index (κ2) is 10.7.